The summed E-state index contributed by atoms with van der Waals surface area (Å²) in [5.41, 5.74) is 1.07. The summed E-state index contributed by atoms with van der Waals surface area (Å²) in [4.78, 5) is 0.356. The van der Waals surface area contributed by atoms with Crippen molar-refractivity contribution in [1.29, 1.82) is 0 Å². The minimum absolute atomic E-state index is 0. The van der Waals surface area contributed by atoms with Crippen molar-refractivity contribution in [3.63, 3.8) is 0 Å². The number of aryl methyl sites for hydroxylation is 1. The normalized spacial score (nSPS) is 15.8. The Morgan fingerprint density at radius 3 is 2.20 bits per heavy atom. The zero-order valence-electron chi connectivity index (χ0n) is 8.03. The second kappa shape index (κ2) is 4.97. The number of nitrogens with one attached hydrogen (secondary N) is 1. The van der Waals surface area contributed by atoms with Crippen LogP contribution in [0.1, 0.15) is 18.4 Å². The number of rotatable bonds is 3. The molecule has 3 nitrogen and oxygen atoms in total. The van der Waals surface area contributed by atoms with Crippen LogP contribution in [0.5, 0.6) is 0 Å². The van der Waals surface area contributed by atoms with Crippen molar-refractivity contribution in [2.75, 3.05) is 0 Å². The van der Waals surface area contributed by atoms with Crippen LogP contribution >= 0.6 is 0 Å². The van der Waals surface area contributed by atoms with Crippen LogP contribution in [0.25, 0.3) is 0 Å². The van der Waals surface area contributed by atoms with E-state index in [4.69, 9.17) is 0 Å². The van der Waals surface area contributed by atoms with Crippen molar-refractivity contribution in [2.45, 2.75) is 30.7 Å². The third-order valence-electron chi connectivity index (χ3n) is 2.23. The molecule has 1 N–H and O–H groups in total. The van der Waals surface area contributed by atoms with E-state index < -0.39 is 10.0 Å². The molecule has 0 radical (unpaired) electrons. The van der Waals surface area contributed by atoms with Gasteiger partial charge in [-0.25, -0.2) is 13.1 Å². The summed E-state index contributed by atoms with van der Waals surface area (Å²) < 4.78 is 26.0. The van der Waals surface area contributed by atoms with Gasteiger partial charge < -0.3 is 0 Å². The van der Waals surface area contributed by atoms with Crippen molar-refractivity contribution in [3.05, 3.63) is 29.8 Å². The molecular weight excluding hydrogens is 221 g/mol. The molecule has 0 saturated heterocycles. The fourth-order valence-corrected chi connectivity index (χ4v) is 2.51. The first-order valence-electron chi connectivity index (χ1n) is 4.67. The molecule has 15 heavy (non-hydrogen) atoms. The number of sulfonamides is 1. The van der Waals surface area contributed by atoms with Gasteiger partial charge in [-0.15, -0.1) is 0 Å². The summed E-state index contributed by atoms with van der Waals surface area (Å²) in [6, 6.07) is 7.06. The van der Waals surface area contributed by atoms with E-state index in [1.165, 1.54) is 0 Å². The quantitative estimate of drug-likeness (QED) is 0.787. The van der Waals surface area contributed by atoms with Gasteiger partial charge in [-0.05, 0) is 31.9 Å². The molecule has 5 heteroatoms. The third-order valence-corrected chi connectivity index (χ3v) is 3.77. The standard InChI is InChI=1S/C10H13NO2S.Na.H/c1-8-2-6-10(7-3-8)14(12,13)11-9-4-5-9;;/h2-3,6-7,9,11H,4-5H2,1H3;;. The predicted molar refractivity (Wildman–Crippen MR) is 61.7 cm³/mol. The summed E-state index contributed by atoms with van der Waals surface area (Å²) in [5.74, 6) is 0. The Hall–Kier alpha value is 0.130. The number of hydrogen-bond acceptors (Lipinski definition) is 2. The molecular formula is C10H14NNaO2S. The van der Waals surface area contributed by atoms with Gasteiger partial charge in [0.25, 0.3) is 0 Å². The van der Waals surface area contributed by atoms with Crippen molar-refractivity contribution >= 4 is 39.6 Å². The summed E-state index contributed by atoms with van der Waals surface area (Å²) in [6.45, 7) is 1.94. The van der Waals surface area contributed by atoms with Gasteiger partial charge in [0.15, 0.2) is 0 Å². The van der Waals surface area contributed by atoms with Crippen LogP contribution < -0.4 is 4.72 Å². The van der Waals surface area contributed by atoms with E-state index in [9.17, 15) is 8.42 Å². The molecule has 0 unspecified atom stereocenters. The van der Waals surface area contributed by atoms with Crippen molar-refractivity contribution in [1.82, 2.24) is 4.72 Å². The topological polar surface area (TPSA) is 46.2 Å². The molecule has 1 aliphatic carbocycles. The molecule has 2 rings (SSSR count). The van der Waals surface area contributed by atoms with Gasteiger partial charge in [-0.2, -0.15) is 0 Å². The Labute approximate surface area is 113 Å². The zero-order chi connectivity index (χ0) is 10.2. The molecule has 0 aromatic heterocycles. The first-order valence-corrected chi connectivity index (χ1v) is 6.15. The Kier molecular flexibility index (Phi) is 4.38. The van der Waals surface area contributed by atoms with Gasteiger partial charge in [0, 0.05) is 6.04 Å². The Morgan fingerprint density at radius 1 is 1.20 bits per heavy atom. The molecule has 1 aromatic rings. The maximum absolute atomic E-state index is 11.7. The van der Waals surface area contributed by atoms with Crippen LogP contribution in [0, 0.1) is 6.92 Å². The second-order valence-electron chi connectivity index (χ2n) is 3.71. The Balaban J connectivity index is 0.00000112. The van der Waals surface area contributed by atoms with E-state index in [0.29, 0.717) is 4.90 Å². The minimum atomic E-state index is -3.26. The number of benzene rings is 1. The van der Waals surface area contributed by atoms with Crippen LogP contribution in [0.2, 0.25) is 0 Å². The van der Waals surface area contributed by atoms with E-state index in [0.717, 1.165) is 18.4 Å². The van der Waals surface area contributed by atoms with Crippen LogP contribution in [0.4, 0.5) is 0 Å². The summed E-state index contributed by atoms with van der Waals surface area (Å²) in [7, 11) is -3.26. The van der Waals surface area contributed by atoms with E-state index in [1.807, 2.05) is 19.1 Å². The average Bonchev–Trinajstić information content (AvgIpc) is 2.88. The first-order chi connectivity index (χ1) is 6.58. The molecule has 0 aliphatic heterocycles. The first kappa shape index (κ1) is 13.2. The van der Waals surface area contributed by atoms with E-state index in [1.54, 1.807) is 12.1 Å². The second-order valence-corrected chi connectivity index (χ2v) is 5.42. The molecule has 1 aliphatic rings. The zero-order valence-corrected chi connectivity index (χ0v) is 8.84. The van der Waals surface area contributed by atoms with Gasteiger partial charge >= 0.3 is 29.6 Å². The molecule has 0 spiro atoms. The fourth-order valence-electron chi connectivity index (χ4n) is 1.21. The van der Waals surface area contributed by atoms with Gasteiger partial charge in [-0.1, -0.05) is 17.7 Å². The van der Waals surface area contributed by atoms with Crippen molar-refractivity contribution in [3.8, 4) is 0 Å². The summed E-state index contributed by atoms with van der Waals surface area (Å²) in [5, 5.41) is 0. The molecule has 1 saturated carbocycles. The van der Waals surface area contributed by atoms with Crippen molar-refractivity contribution in [2.24, 2.45) is 0 Å². The Bertz CT molecular complexity index is 423. The molecule has 0 amide bonds. The molecule has 0 bridgehead atoms. The summed E-state index contributed by atoms with van der Waals surface area (Å²) in [6.07, 6.45) is 1.93. The molecule has 0 heterocycles. The van der Waals surface area contributed by atoms with Gasteiger partial charge in [0.05, 0.1) is 4.90 Å². The SMILES string of the molecule is Cc1ccc(S(=O)(=O)NC2CC2)cc1.[NaH]. The monoisotopic (exact) mass is 235 g/mol. The van der Waals surface area contributed by atoms with E-state index >= 15 is 0 Å². The predicted octanol–water partition coefficient (Wildman–Crippen LogP) is 0.787. The number of hydrogen-bond donors (Lipinski definition) is 1. The fraction of sp³-hybridized carbons (Fsp3) is 0.400. The van der Waals surface area contributed by atoms with E-state index in [2.05, 4.69) is 4.72 Å². The maximum atomic E-state index is 11.7. The molecule has 78 valence electrons. The van der Waals surface area contributed by atoms with Crippen LogP contribution in [-0.4, -0.2) is 44.0 Å². The van der Waals surface area contributed by atoms with Gasteiger partial charge in [0.2, 0.25) is 10.0 Å². The van der Waals surface area contributed by atoms with Crippen LogP contribution in [0.3, 0.4) is 0 Å². The third kappa shape index (κ3) is 3.57. The van der Waals surface area contributed by atoms with E-state index in [-0.39, 0.29) is 35.6 Å². The molecule has 0 atom stereocenters. The summed E-state index contributed by atoms with van der Waals surface area (Å²) >= 11 is 0. The Morgan fingerprint density at radius 2 is 1.73 bits per heavy atom. The van der Waals surface area contributed by atoms with Crippen LogP contribution in [0.15, 0.2) is 29.2 Å². The molecule has 1 fully saturated rings. The molecule has 1 aromatic carbocycles. The average molecular weight is 235 g/mol. The van der Waals surface area contributed by atoms with Crippen LogP contribution in [-0.2, 0) is 10.0 Å². The van der Waals surface area contributed by atoms with Gasteiger partial charge in [0.1, 0.15) is 0 Å². The van der Waals surface area contributed by atoms with Gasteiger partial charge in [-0.3, -0.25) is 0 Å². The van der Waals surface area contributed by atoms with Crippen molar-refractivity contribution < 1.29 is 8.42 Å².